The highest BCUT2D eigenvalue weighted by Crippen LogP contribution is 2.52. The van der Waals surface area contributed by atoms with E-state index in [0.717, 1.165) is 18.9 Å². The lowest BCUT2D eigenvalue weighted by atomic mass is 9.78. The van der Waals surface area contributed by atoms with Crippen molar-refractivity contribution in [2.45, 2.75) is 88.0 Å². The van der Waals surface area contributed by atoms with Gasteiger partial charge < -0.3 is 30.0 Å². The molecule has 0 aromatic carbocycles. The van der Waals surface area contributed by atoms with Crippen molar-refractivity contribution in [2.75, 3.05) is 50.1 Å². The molecule has 11 nitrogen and oxygen atoms in total. The topological polar surface area (TPSA) is 124 Å². The van der Waals surface area contributed by atoms with Crippen LogP contribution in [0.25, 0.3) is 22.3 Å². The Morgan fingerprint density at radius 1 is 1.16 bits per heavy atom. The van der Waals surface area contributed by atoms with Crippen LogP contribution in [0.4, 0.5) is 33.6 Å². The molecule has 1 spiro atoms. The molecule has 5 fully saturated rings. The van der Waals surface area contributed by atoms with E-state index in [-0.39, 0.29) is 84.5 Å². The van der Waals surface area contributed by atoms with Crippen molar-refractivity contribution in [2.24, 2.45) is 5.41 Å². The number of hydrogen-bond donors (Lipinski definition) is 2. The van der Waals surface area contributed by atoms with E-state index >= 15 is 4.39 Å². The van der Waals surface area contributed by atoms with Gasteiger partial charge in [-0.1, -0.05) is 6.92 Å². The molecule has 9 rings (SSSR count). The summed E-state index contributed by atoms with van der Waals surface area (Å²) in [7, 11) is 0. The van der Waals surface area contributed by atoms with E-state index in [1.807, 2.05) is 0 Å². The minimum absolute atomic E-state index is 0.0410. The van der Waals surface area contributed by atoms with Crippen LogP contribution in [0.1, 0.15) is 50.2 Å². The number of aryl methyl sites for hydroxylation is 2. The Morgan fingerprint density at radius 3 is 2.71 bits per heavy atom. The molecular weight excluding hydrogens is 651 g/mol. The molecule has 5 atom stereocenters. The summed E-state index contributed by atoms with van der Waals surface area (Å²) in [5.41, 5.74) is 0.938. The van der Waals surface area contributed by atoms with Gasteiger partial charge in [-0.3, -0.25) is 9.69 Å². The van der Waals surface area contributed by atoms with E-state index in [1.165, 1.54) is 11.5 Å². The minimum atomic E-state index is -4.95. The van der Waals surface area contributed by atoms with Crippen LogP contribution in [-0.2, 0) is 23.9 Å². The Balaban J connectivity index is 1.23. The van der Waals surface area contributed by atoms with Crippen molar-refractivity contribution in [3.8, 4) is 17.3 Å². The Labute approximate surface area is 278 Å². The molecule has 3 N–H and O–H groups in total. The summed E-state index contributed by atoms with van der Waals surface area (Å²) >= 11 is 0. The zero-order valence-electron chi connectivity index (χ0n) is 27.0. The van der Waals surface area contributed by atoms with Crippen LogP contribution in [0, 0.1) is 11.2 Å². The van der Waals surface area contributed by atoms with Crippen LogP contribution >= 0.6 is 0 Å². The van der Waals surface area contributed by atoms with Crippen molar-refractivity contribution in [1.82, 2.24) is 29.7 Å². The molecule has 3 aromatic heterocycles. The molecule has 16 heteroatoms. The van der Waals surface area contributed by atoms with Crippen molar-refractivity contribution in [3.05, 3.63) is 33.4 Å². The predicted molar refractivity (Wildman–Crippen MR) is 169 cm³/mol. The molecule has 0 radical (unpaired) electrons. The number of anilines is 2. The molecule has 0 aliphatic carbocycles. The third kappa shape index (κ3) is 4.69. The largest absolute Gasteiger partial charge is 0.461 e. The fourth-order valence-corrected chi connectivity index (χ4v) is 9.70. The first kappa shape index (κ1) is 31.4. The summed E-state index contributed by atoms with van der Waals surface area (Å²) in [6.07, 6.45) is -2.79. The van der Waals surface area contributed by atoms with Crippen LogP contribution in [0.15, 0.2) is 10.9 Å². The lowest BCUT2D eigenvalue weighted by Gasteiger charge is -2.41. The number of alkyl halides is 4. The number of nitrogens with two attached hydrogens (primary N) is 1. The molecule has 5 saturated heterocycles. The predicted octanol–water partition coefficient (Wildman–Crippen LogP) is 3.45. The van der Waals surface area contributed by atoms with Crippen molar-refractivity contribution in [3.63, 3.8) is 0 Å². The molecule has 262 valence electrons. The van der Waals surface area contributed by atoms with Crippen molar-refractivity contribution < 1.29 is 31.4 Å². The number of aromatic nitrogens is 4. The molecule has 2 bridgehead atoms. The van der Waals surface area contributed by atoms with Gasteiger partial charge in [0.1, 0.15) is 35.2 Å². The second kappa shape index (κ2) is 10.7. The van der Waals surface area contributed by atoms with Gasteiger partial charge in [0, 0.05) is 56.1 Å². The second-order valence-electron chi connectivity index (χ2n) is 14.9. The van der Waals surface area contributed by atoms with Crippen molar-refractivity contribution in [1.29, 1.82) is 0 Å². The molecule has 6 aliphatic heterocycles. The first-order valence-electron chi connectivity index (χ1n) is 17.0. The van der Waals surface area contributed by atoms with Gasteiger partial charge in [0.05, 0.1) is 30.0 Å². The lowest BCUT2D eigenvalue weighted by Crippen LogP contribution is -2.58. The minimum Gasteiger partial charge on any atom is -0.461 e. The smallest absolute Gasteiger partial charge is 0.418 e. The van der Waals surface area contributed by atoms with Gasteiger partial charge in [0.25, 0.3) is 5.56 Å². The van der Waals surface area contributed by atoms with E-state index in [0.29, 0.717) is 45.0 Å². The monoisotopic (exact) mass is 688 g/mol. The number of ether oxygens (including phenoxy) is 2. The normalized spacial score (nSPS) is 30.0. The van der Waals surface area contributed by atoms with E-state index in [2.05, 4.69) is 25.1 Å². The van der Waals surface area contributed by atoms with Crippen molar-refractivity contribution >= 4 is 22.7 Å². The number of halogens is 5. The zero-order valence-corrected chi connectivity index (χ0v) is 27.0. The van der Waals surface area contributed by atoms with E-state index in [9.17, 15) is 22.4 Å². The fourth-order valence-electron chi connectivity index (χ4n) is 9.70. The first-order chi connectivity index (χ1) is 23.4. The molecule has 3 aromatic rings. The zero-order chi connectivity index (χ0) is 34.0. The average molecular weight is 689 g/mol. The molecule has 9 heterocycles. The van der Waals surface area contributed by atoms with Gasteiger partial charge in [-0.2, -0.15) is 23.1 Å². The van der Waals surface area contributed by atoms with Gasteiger partial charge in [0.2, 0.25) is 0 Å². The number of fused-ring (bicyclic) bond motifs is 6. The van der Waals surface area contributed by atoms with Gasteiger partial charge >= 0.3 is 12.2 Å². The van der Waals surface area contributed by atoms with Gasteiger partial charge in [-0.25, -0.2) is 13.8 Å². The maximum Gasteiger partial charge on any atom is 0.418 e. The molecule has 3 unspecified atom stereocenters. The second-order valence-corrected chi connectivity index (χ2v) is 14.9. The quantitative estimate of drug-likeness (QED) is 0.386. The number of hydrogen-bond acceptors (Lipinski definition) is 10. The number of pyridine rings is 2. The summed E-state index contributed by atoms with van der Waals surface area (Å²) in [6.45, 7) is 4.36. The number of nitrogens with one attached hydrogen (secondary N) is 1. The van der Waals surface area contributed by atoms with E-state index < -0.39 is 46.1 Å². The maximum absolute atomic E-state index is 17.0. The molecule has 6 aliphatic rings. The third-order valence-corrected chi connectivity index (χ3v) is 11.7. The van der Waals surface area contributed by atoms with E-state index in [1.54, 1.807) is 0 Å². The Bertz CT molecular complexity index is 1940. The van der Waals surface area contributed by atoms with Gasteiger partial charge in [0.15, 0.2) is 11.6 Å². The standard InChI is InChI=1S/C33H37F5N8O3/c1-2-16-7-21(39)41-25(23(16)33(36,37)38)22-24(35)26-27-28(46-10-18-3-4-19(40-18)20(46)5-6-45(27)29(22)47)43-30(42-26)49-15-32-8-17(34)9-44(32)12-31(11-32)13-48-14-31/h7,17-20,40H,2-6,8-15H2,1H3,(H2,39,41)/t17-,18?,19?,20?,32-/m1/s1. The molecular formula is C33H37F5N8O3. The Kier molecular flexibility index (Phi) is 6.84. The Hall–Kier alpha value is -3.63. The highest BCUT2D eigenvalue weighted by molar-refractivity contribution is 5.91. The maximum atomic E-state index is 17.0. The number of nitrogen functional groups attached to an aromatic ring is 1. The van der Waals surface area contributed by atoms with Gasteiger partial charge in [-0.15, -0.1) is 0 Å². The van der Waals surface area contributed by atoms with Crippen LogP contribution < -0.4 is 26.2 Å². The van der Waals surface area contributed by atoms with Crippen LogP contribution in [-0.4, -0.2) is 93.7 Å². The number of nitrogens with zero attached hydrogens (tertiary/aromatic N) is 6. The Morgan fingerprint density at radius 2 is 1.98 bits per heavy atom. The van der Waals surface area contributed by atoms with Crippen LogP contribution in [0.5, 0.6) is 6.01 Å². The van der Waals surface area contributed by atoms with Crippen LogP contribution in [0.3, 0.4) is 0 Å². The summed E-state index contributed by atoms with van der Waals surface area (Å²) in [5.74, 6) is -1.21. The molecule has 0 saturated carbocycles. The first-order valence-corrected chi connectivity index (χ1v) is 17.0. The third-order valence-electron chi connectivity index (χ3n) is 11.7. The summed E-state index contributed by atoms with van der Waals surface area (Å²) in [4.78, 5) is 31.6. The highest BCUT2D eigenvalue weighted by atomic mass is 19.4. The van der Waals surface area contributed by atoms with E-state index in [4.69, 9.17) is 20.2 Å². The van der Waals surface area contributed by atoms with Gasteiger partial charge in [-0.05, 0) is 43.7 Å². The lowest BCUT2D eigenvalue weighted by molar-refractivity contribution is -0.137. The summed E-state index contributed by atoms with van der Waals surface area (Å²) < 4.78 is 88.8. The summed E-state index contributed by atoms with van der Waals surface area (Å²) in [6, 6.07) is 1.05. The number of rotatable bonds is 5. The average Bonchev–Trinajstić information content (AvgIpc) is 3.63. The summed E-state index contributed by atoms with van der Waals surface area (Å²) in [5, 5.41) is 3.63. The molecule has 0 amide bonds. The fraction of sp³-hybridized carbons (Fsp3) is 0.636. The SMILES string of the molecule is CCc1cc(N)nc(-c2c(F)c3nc(OC[C@]45C[C@@H](F)CN4CC4(COC4)C5)nc4c3n(c2=O)CCC2C3CCC(CN42)N3)c1C(F)(F)F. The number of piperazine rings is 1. The highest BCUT2D eigenvalue weighted by Gasteiger charge is 2.61. The van der Waals surface area contributed by atoms with Crippen LogP contribution in [0.2, 0.25) is 0 Å². The molecule has 49 heavy (non-hydrogen) atoms.